The first-order chi connectivity index (χ1) is 16.8. The topological polar surface area (TPSA) is 117 Å². The Bertz CT molecular complexity index is 1410. The van der Waals surface area contributed by atoms with Crippen molar-refractivity contribution in [1.29, 1.82) is 0 Å². The van der Waals surface area contributed by atoms with Gasteiger partial charge in [0, 0.05) is 28.3 Å². The van der Waals surface area contributed by atoms with Crippen LogP contribution >= 0.6 is 23.8 Å². The number of nitrogens with one attached hydrogen (secondary N) is 3. The van der Waals surface area contributed by atoms with Crippen molar-refractivity contribution in [1.82, 2.24) is 16.2 Å². The normalized spacial score (nSPS) is 11.5. The van der Waals surface area contributed by atoms with Crippen LogP contribution in [0.5, 0.6) is 5.75 Å². The molecule has 4 aromatic carbocycles. The van der Waals surface area contributed by atoms with Crippen LogP contribution in [0.25, 0.3) is 10.8 Å². The van der Waals surface area contributed by atoms with Crippen molar-refractivity contribution in [2.24, 2.45) is 0 Å². The van der Waals surface area contributed by atoms with Crippen molar-refractivity contribution in [3.8, 4) is 5.75 Å². The largest absolute Gasteiger partial charge is 0.508 e. The number of hydrogen-bond donors (Lipinski definition) is 4. The first kappa shape index (κ1) is 23.9. The lowest BCUT2D eigenvalue weighted by atomic mass is 9.93. The molecule has 4 N–H and O–H groups in total. The van der Waals surface area contributed by atoms with Crippen LogP contribution in [-0.4, -0.2) is 21.0 Å². The number of hydrazine groups is 1. The third-order valence-corrected chi connectivity index (χ3v) is 5.82. The van der Waals surface area contributed by atoms with Crippen molar-refractivity contribution >= 4 is 51.3 Å². The summed E-state index contributed by atoms with van der Waals surface area (Å²) in [5.74, 6) is -0.450. The molecule has 0 aliphatic rings. The fraction of sp³-hybridized carbons (Fsp3) is 0.0400. The zero-order valence-electron chi connectivity index (χ0n) is 18.1. The molecule has 1 unspecified atom stereocenters. The van der Waals surface area contributed by atoms with E-state index >= 15 is 0 Å². The summed E-state index contributed by atoms with van der Waals surface area (Å²) in [6.45, 7) is 0. The molecule has 0 aromatic heterocycles. The minimum absolute atomic E-state index is 0.0777. The lowest BCUT2D eigenvalue weighted by molar-refractivity contribution is -0.384. The first-order valence-corrected chi connectivity index (χ1v) is 11.2. The number of non-ortho nitro benzene ring substituents is 1. The third kappa shape index (κ3) is 5.48. The molecular formula is C25H19ClN4O4S. The van der Waals surface area contributed by atoms with Crippen LogP contribution in [0, 0.1) is 10.1 Å². The molecule has 1 atom stereocenters. The fourth-order valence-electron chi connectivity index (χ4n) is 3.65. The van der Waals surface area contributed by atoms with Crippen LogP contribution in [-0.2, 0) is 0 Å². The summed E-state index contributed by atoms with van der Waals surface area (Å²) in [6, 6.07) is 22.8. The predicted octanol–water partition coefficient (Wildman–Crippen LogP) is 5.01. The molecule has 1 amide bonds. The van der Waals surface area contributed by atoms with Gasteiger partial charge in [0.05, 0.1) is 11.0 Å². The van der Waals surface area contributed by atoms with Gasteiger partial charge in [0.25, 0.3) is 11.6 Å². The maximum Gasteiger partial charge on any atom is 0.269 e. The predicted molar refractivity (Wildman–Crippen MR) is 138 cm³/mol. The average molecular weight is 507 g/mol. The van der Waals surface area contributed by atoms with Gasteiger partial charge in [-0.25, -0.2) is 0 Å². The van der Waals surface area contributed by atoms with Crippen LogP contribution in [0.2, 0.25) is 5.02 Å². The second-order valence-electron chi connectivity index (χ2n) is 7.56. The number of halogens is 1. The van der Waals surface area contributed by atoms with Crippen molar-refractivity contribution in [3.05, 3.63) is 117 Å². The number of carbonyl (C=O) groups is 1. The molecule has 0 saturated heterocycles. The lowest BCUT2D eigenvalue weighted by Crippen LogP contribution is -2.47. The van der Waals surface area contributed by atoms with E-state index in [9.17, 15) is 20.0 Å². The van der Waals surface area contributed by atoms with E-state index in [1.807, 2.05) is 42.5 Å². The zero-order chi connectivity index (χ0) is 24.9. The molecule has 10 heteroatoms. The number of rotatable bonds is 5. The maximum absolute atomic E-state index is 12.4. The van der Waals surface area contributed by atoms with E-state index in [-0.39, 0.29) is 22.1 Å². The number of nitro benzene ring substituents is 1. The Morgan fingerprint density at radius 1 is 0.943 bits per heavy atom. The number of hydrogen-bond acceptors (Lipinski definition) is 5. The summed E-state index contributed by atoms with van der Waals surface area (Å²) in [4.78, 5) is 22.7. The van der Waals surface area contributed by atoms with Crippen LogP contribution in [0.3, 0.4) is 0 Å². The fourth-order valence-corrected chi connectivity index (χ4v) is 3.95. The Morgan fingerprint density at radius 3 is 2.31 bits per heavy atom. The Labute approximate surface area is 210 Å². The summed E-state index contributed by atoms with van der Waals surface area (Å²) in [5, 5.41) is 27.2. The second kappa shape index (κ2) is 10.4. The number of nitro groups is 1. The number of fused-ring (bicyclic) bond motifs is 1. The molecule has 4 aromatic rings. The van der Waals surface area contributed by atoms with Gasteiger partial charge in [-0.15, -0.1) is 0 Å². The van der Waals surface area contributed by atoms with Crippen LogP contribution in [0.4, 0.5) is 5.69 Å². The summed E-state index contributed by atoms with van der Waals surface area (Å²) in [6.07, 6.45) is 0. The lowest BCUT2D eigenvalue weighted by Gasteiger charge is -2.24. The molecule has 176 valence electrons. The Morgan fingerprint density at radius 2 is 1.63 bits per heavy atom. The number of thiocarbonyl (C=S) groups is 1. The van der Waals surface area contributed by atoms with Crippen LogP contribution in [0.1, 0.15) is 27.5 Å². The Kier molecular flexibility index (Phi) is 7.09. The highest BCUT2D eigenvalue weighted by molar-refractivity contribution is 7.80. The Balaban J connectivity index is 1.57. The van der Waals surface area contributed by atoms with Gasteiger partial charge in [-0.05, 0) is 58.9 Å². The van der Waals surface area contributed by atoms with E-state index in [1.54, 1.807) is 18.2 Å². The molecule has 8 nitrogen and oxygen atoms in total. The summed E-state index contributed by atoms with van der Waals surface area (Å²) in [5.41, 5.74) is 6.61. The molecule has 0 bridgehead atoms. The minimum Gasteiger partial charge on any atom is -0.508 e. The molecule has 0 spiro atoms. The van der Waals surface area contributed by atoms with E-state index in [0.717, 1.165) is 16.3 Å². The first-order valence-electron chi connectivity index (χ1n) is 10.4. The number of nitrogens with zero attached hydrogens (tertiary/aromatic N) is 1. The van der Waals surface area contributed by atoms with E-state index in [1.165, 1.54) is 24.3 Å². The standard InChI is InChI=1S/C25H19ClN4O4S/c26-18-10-5-16(6-11-18)23(22-20-4-2-1-3-15(20)9-14-21(22)31)27-25(35)29-28-24(32)17-7-12-19(13-8-17)30(33)34/h1-14,23,31H,(H,28,32)(H2,27,29,35). The third-order valence-electron chi connectivity index (χ3n) is 5.34. The van der Waals surface area contributed by atoms with Gasteiger partial charge in [-0.3, -0.25) is 25.8 Å². The van der Waals surface area contributed by atoms with Gasteiger partial charge in [-0.1, -0.05) is 54.1 Å². The molecule has 0 saturated carbocycles. The van der Waals surface area contributed by atoms with Crippen LogP contribution < -0.4 is 16.2 Å². The van der Waals surface area contributed by atoms with E-state index in [2.05, 4.69) is 16.2 Å². The van der Waals surface area contributed by atoms with Gasteiger partial charge in [0.15, 0.2) is 5.11 Å². The van der Waals surface area contributed by atoms with Gasteiger partial charge < -0.3 is 10.4 Å². The van der Waals surface area contributed by atoms with E-state index < -0.39 is 16.9 Å². The molecule has 0 fully saturated rings. The van der Waals surface area contributed by atoms with Gasteiger partial charge in [0.1, 0.15) is 5.75 Å². The molecule has 0 aliphatic carbocycles. The minimum atomic E-state index is -0.574. The molecule has 0 radical (unpaired) electrons. The van der Waals surface area contributed by atoms with Crippen molar-refractivity contribution in [3.63, 3.8) is 0 Å². The molecular weight excluding hydrogens is 488 g/mol. The highest BCUT2D eigenvalue weighted by Crippen LogP contribution is 2.36. The molecule has 35 heavy (non-hydrogen) atoms. The number of carbonyl (C=O) groups excluding carboxylic acids is 1. The molecule has 0 heterocycles. The number of aromatic hydroxyl groups is 1. The van der Waals surface area contributed by atoms with E-state index in [0.29, 0.717) is 10.6 Å². The highest BCUT2D eigenvalue weighted by atomic mass is 35.5. The maximum atomic E-state index is 12.4. The number of amides is 1. The van der Waals surface area contributed by atoms with E-state index in [4.69, 9.17) is 23.8 Å². The van der Waals surface area contributed by atoms with Crippen LogP contribution in [0.15, 0.2) is 84.9 Å². The SMILES string of the molecule is O=C(NNC(=S)NC(c1ccc(Cl)cc1)c1c(O)ccc2ccccc12)c1ccc([N+](=O)[O-])cc1. The average Bonchev–Trinajstić information content (AvgIpc) is 2.87. The second-order valence-corrected chi connectivity index (χ2v) is 8.41. The van der Waals surface area contributed by atoms with Crippen molar-refractivity contribution in [2.75, 3.05) is 0 Å². The molecule has 4 rings (SSSR count). The highest BCUT2D eigenvalue weighted by Gasteiger charge is 2.22. The zero-order valence-corrected chi connectivity index (χ0v) is 19.6. The Hall–Kier alpha value is -4.21. The number of phenols is 1. The van der Waals surface area contributed by atoms with Gasteiger partial charge >= 0.3 is 0 Å². The molecule has 0 aliphatic heterocycles. The van der Waals surface area contributed by atoms with Crippen molar-refractivity contribution < 1.29 is 14.8 Å². The summed E-state index contributed by atoms with van der Waals surface area (Å²) in [7, 11) is 0. The number of benzene rings is 4. The van der Waals surface area contributed by atoms with Gasteiger partial charge in [0.2, 0.25) is 0 Å². The van der Waals surface area contributed by atoms with Gasteiger partial charge in [-0.2, -0.15) is 0 Å². The quantitative estimate of drug-likeness (QED) is 0.171. The number of phenolic OH excluding ortho intramolecular Hbond substituents is 1. The summed E-state index contributed by atoms with van der Waals surface area (Å²) < 4.78 is 0. The van der Waals surface area contributed by atoms with Crippen molar-refractivity contribution in [2.45, 2.75) is 6.04 Å². The summed E-state index contributed by atoms with van der Waals surface area (Å²) >= 11 is 11.5. The smallest absolute Gasteiger partial charge is 0.269 e. The monoisotopic (exact) mass is 506 g/mol.